The minimum absolute atomic E-state index is 0.0348. The van der Waals surface area contributed by atoms with Gasteiger partial charge in [0.25, 0.3) is 12.3 Å². The van der Waals surface area contributed by atoms with E-state index in [-0.39, 0.29) is 39.3 Å². The molecule has 10 nitrogen and oxygen atoms in total. The molecule has 2 aromatic heterocycles. The third-order valence-electron chi connectivity index (χ3n) is 6.68. The van der Waals surface area contributed by atoms with Crippen LogP contribution in [-0.4, -0.2) is 66.2 Å². The number of nitrogens with two attached hydrogens (primary N) is 2. The van der Waals surface area contributed by atoms with Gasteiger partial charge < -0.3 is 16.4 Å². The number of amides is 3. The topological polar surface area (TPSA) is 161 Å². The molecule has 4 rings (SSSR count). The molecule has 3 atom stereocenters. The largest absolute Gasteiger partial charge is 0.367 e. The van der Waals surface area contributed by atoms with Gasteiger partial charge in [-0.1, -0.05) is 11.6 Å². The second-order valence-corrected chi connectivity index (χ2v) is 12.7. The first kappa shape index (κ1) is 27.5. The first-order chi connectivity index (χ1) is 17.3. The molecule has 2 aliphatic rings. The number of aromatic nitrogens is 2. The summed E-state index contributed by atoms with van der Waals surface area (Å²) >= 11 is 7.22. The predicted octanol–water partition coefficient (Wildman–Crippen LogP) is 2.27. The van der Waals surface area contributed by atoms with Crippen molar-refractivity contribution in [3.05, 3.63) is 34.2 Å². The predicted molar refractivity (Wildman–Crippen MR) is 130 cm³/mol. The molecular weight excluding hydrogens is 557 g/mol. The Labute approximate surface area is 219 Å². The Hall–Kier alpha value is -2.49. The number of nitrogens with one attached hydrogen (secondary N) is 1. The Morgan fingerprint density at radius 1 is 1.38 bits per heavy atom. The van der Waals surface area contributed by atoms with E-state index in [0.717, 1.165) is 23.2 Å². The maximum Gasteiger partial charge on any atom is 0.316 e. The van der Waals surface area contributed by atoms with Gasteiger partial charge >= 0.3 is 6.03 Å². The highest BCUT2D eigenvalue weighted by atomic mass is 35.5. The average molecular weight is 581 g/mol. The van der Waals surface area contributed by atoms with Gasteiger partial charge in [0.15, 0.2) is 5.54 Å². The van der Waals surface area contributed by atoms with Crippen molar-refractivity contribution in [3.63, 3.8) is 0 Å². The minimum atomic E-state index is -3.67. The Morgan fingerprint density at radius 3 is 2.59 bits per heavy atom. The van der Waals surface area contributed by atoms with Crippen LogP contribution in [0.3, 0.4) is 0 Å². The fourth-order valence-corrected chi connectivity index (χ4v) is 7.39. The molecule has 3 unspecified atom stereocenters. The number of sulfonamides is 1. The van der Waals surface area contributed by atoms with Crippen LogP contribution in [0.5, 0.6) is 0 Å². The molecule has 1 saturated carbocycles. The SMILES string of the molecule is CC(CF)(c1cc(-c2sc(C3(C(N)=O)CC(NS(=O)(=O)C4CC4)CN3C(N)=O)nc2Cl)ccn1)C(F)F. The Balaban J connectivity index is 1.76. The van der Waals surface area contributed by atoms with Crippen LogP contribution in [0.15, 0.2) is 18.3 Å². The Morgan fingerprint density at radius 2 is 2.05 bits per heavy atom. The fourth-order valence-electron chi connectivity index (χ4n) is 4.29. The van der Waals surface area contributed by atoms with Crippen molar-refractivity contribution in [1.29, 1.82) is 0 Å². The summed E-state index contributed by atoms with van der Waals surface area (Å²) in [5, 5.41) is -0.709. The molecule has 5 N–H and O–H groups in total. The molecule has 0 radical (unpaired) electrons. The molecule has 0 bridgehead atoms. The van der Waals surface area contributed by atoms with Crippen molar-refractivity contribution in [2.45, 2.75) is 54.9 Å². The molecular formula is C21H24ClF3N6O4S2. The summed E-state index contributed by atoms with van der Waals surface area (Å²) < 4.78 is 68.2. The summed E-state index contributed by atoms with van der Waals surface area (Å²) in [5.41, 5.74) is 7.27. The van der Waals surface area contributed by atoms with E-state index >= 15 is 0 Å². The van der Waals surface area contributed by atoms with Crippen molar-refractivity contribution >= 4 is 44.9 Å². The van der Waals surface area contributed by atoms with E-state index in [9.17, 15) is 31.2 Å². The quantitative estimate of drug-likeness (QED) is 0.412. The summed E-state index contributed by atoms with van der Waals surface area (Å²) in [6, 6.07) is 0.793. The third kappa shape index (κ3) is 4.77. The smallest absolute Gasteiger partial charge is 0.316 e. The van der Waals surface area contributed by atoms with Gasteiger partial charge in [0.05, 0.1) is 21.2 Å². The van der Waals surface area contributed by atoms with E-state index in [2.05, 4.69) is 14.7 Å². The number of carbonyl (C=O) groups excluding carboxylic acids is 2. The van der Waals surface area contributed by atoms with Crippen LogP contribution in [-0.2, 0) is 25.8 Å². The number of likely N-dealkylation sites (tertiary alicyclic amines) is 1. The van der Waals surface area contributed by atoms with E-state index < -0.39 is 57.3 Å². The van der Waals surface area contributed by atoms with Gasteiger partial charge in [-0.05, 0) is 37.5 Å². The lowest BCUT2D eigenvalue weighted by atomic mass is 9.87. The second kappa shape index (κ2) is 9.67. The molecule has 37 heavy (non-hydrogen) atoms. The maximum absolute atomic E-state index is 13.6. The van der Waals surface area contributed by atoms with Crippen LogP contribution in [0.25, 0.3) is 10.4 Å². The lowest BCUT2D eigenvalue weighted by molar-refractivity contribution is -0.127. The third-order valence-corrected chi connectivity index (χ3v) is 10.3. The number of pyridine rings is 1. The van der Waals surface area contributed by atoms with Gasteiger partial charge in [0.2, 0.25) is 10.0 Å². The van der Waals surface area contributed by atoms with Crippen LogP contribution in [0, 0.1) is 0 Å². The standard InChI is InChI=1S/C21H24ClF3N6O4S2/c1-20(9-23,16(24)25)13-6-10(4-5-28-13)14-15(22)29-18(36-14)21(17(26)32)7-11(8-31(21)19(27)33)30-37(34,35)12-2-3-12/h4-6,11-12,16,30H,2-3,7-9H2,1H3,(H2,26,32)(H2,27,33). The first-order valence-electron chi connectivity index (χ1n) is 11.1. The number of hydrogen-bond donors (Lipinski definition) is 3. The summed E-state index contributed by atoms with van der Waals surface area (Å²) in [6.07, 6.45) is -1.05. The van der Waals surface area contributed by atoms with Crippen molar-refractivity contribution in [2.75, 3.05) is 13.2 Å². The lowest BCUT2D eigenvalue weighted by Crippen LogP contribution is -2.55. The zero-order chi connectivity index (χ0) is 27.3. The van der Waals surface area contributed by atoms with Crippen molar-refractivity contribution in [3.8, 4) is 10.4 Å². The second-order valence-electron chi connectivity index (χ2n) is 9.36. The van der Waals surface area contributed by atoms with Crippen LogP contribution >= 0.6 is 22.9 Å². The van der Waals surface area contributed by atoms with Crippen LogP contribution in [0.2, 0.25) is 5.15 Å². The van der Waals surface area contributed by atoms with Gasteiger partial charge in [0.1, 0.15) is 16.8 Å². The molecule has 1 saturated heterocycles. The number of primary amides is 2. The molecule has 16 heteroatoms. The number of urea groups is 1. The van der Waals surface area contributed by atoms with E-state index in [1.807, 2.05) is 0 Å². The lowest BCUT2D eigenvalue weighted by Gasteiger charge is -2.32. The summed E-state index contributed by atoms with van der Waals surface area (Å²) in [6.45, 7) is -0.559. The Bertz CT molecular complexity index is 1340. The van der Waals surface area contributed by atoms with E-state index in [1.54, 1.807) is 0 Å². The summed E-state index contributed by atoms with van der Waals surface area (Å²) in [7, 11) is -3.67. The average Bonchev–Trinajstić information content (AvgIpc) is 3.53. The molecule has 1 aliphatic heterocycles. The van der Waals surface area contributed by atoms with Gasteiger partial charge in [-0.2, -0.15) is 0 Å². The minimum Gasteiger partial charge on any atom is -0.367 e. The number of halogens is 4. The number of alkyl halides is 3. The fraction of sp³-hybridized carbons (Fsp3) is 0.524. The molecule has 0 spiro atoms. The van der Waals surface area contributed by atoms with Crippen LogP contribution in [0.1, 0.15) is 36.9 Å². The highest BCUT2D eigenvalue weighted by molar-refractivity contribution is 7.90. The molecule has 3 heterocycles. The maximum atomic E-state index is 13.6. The van der Waals surface area contributed by atoms with Gasteiger partial charge in [-0.25, -0.2) is 36.1 Å². The highest BCUT2D eigenvalue weighted by Gasteiger charge is 2.56. The van der Waals surface area contributed by atoms with E-state index in [1.165, 1.54) is 18.3 Å². The molecule has 1 aliphatic carbocycles. The van der Waals surface area contributed by atoms with Gasteiger partial charge in [0, 0.05) is 25.2 Å². The number of hydrogen-bond acceptors (Lipinski definition) is 7. The molecule has 202 valence electrons. The first-order valence-corrected chi connectivity index (χ1v) is 13.9. The number of nitrogens with zero attached hydrogens (tertiary/aromatic N) is 3. The molecule has 2 aromatic rings. The highest BCUT2D eigenvalue weighted by Crippen LogP contribution is 2.46. The van der Waals surface area contributed by atoms with Gasteiger partial charge in [-0.15, -0.1) is 11.3 Å². The monoisotopic (exact) mass is 580 g/mol. The van der Waals surface area contributed by atoms with Gasteiger partial charge in [-0.3, -0.25) is 9.78 Å². The molecule has 0 aromatic carbocycles. The number of rotatable bonds is 9. The van der Waals surface area contributed by atoms with Crippen molar-refractivity contribution in [2.24, 2.45) is 11.5 Å². The summed E-state index contributed by atoms with van der Waals surface area (Å²) in [5.74, 6) is -1.01. The van der Waals surface area contributed by atoms with Crippen LogP contribution < -0.4 is 16.2 Å². The molecule has 3 amide bonds. The summed E-state index contributed by atoms with van der Waals surface area (Å²) in [4.78, 5) is 34.5. The van der Waals surface area contributed by atoms with Crippen molar-refractivity contribution in [1.82, 2.24) is 19.6 Å². The van der Waals surface area contributed by atoms with Crippen LogP contribution in [0.4, 0.5) is 18.0 Å². The van der Waals surface area contributed by atoms with E-state index in [4.69, 9.17) is 23.1 Å². The molecule has 2 fully saturated rings. The number of thiazole rings is 1. The van der Waals surface area contributed by atoms with E-state index in [0.29, 0.717) is 12.8 Å². The van der Waals surface area contributed by atoms with Crippen molar-refractivity contribution < 1.29 is 31.2 Å². The normalized spacial score (nSPS) is 23.8. The zero-order valence-corrected chi connectivity index (χ0v) is 21.8. The zero-order valence-electron chi connectivity index (χ0n) is 19.5. The number of carbonyl (C=O) groups is 2. The Kier molecular flexibility index (Phi) is 7.20.